The summed E-state index contributed by atoms with van der Waals surface area (Å²) in [5.41, 5.74) is 0.497. The molecule has 0 aliphatic rings. The Hall–Kier alpha value is -2.75. The topological polar surface area (TPSA) is 44.8 Å². The average Bonchev–Trinajstić information content (AvgIpc) is 2.88. The lowest BCUT2D eigenvalue weighted by Gasteiger charge is -2.10. The predicted molar refractivity (Wildman–Crippen MR) is 145 cm³/mol. The fourth-order valence-corrected chi connectivity index (χ4v) is 3.73. The van der Waals surface area contributed by atoms with Gasteiger partial charge in [-0.25, -0.2) is 4.79 Å². The van der Waals surface area contributed by atoms with E-state index in [0.29, 0.717) is 24.5 Å². The van der Waals surface area contributed by atoms with Crippen LogP contribution in [-0.4, -0.2) is 19.2 Å². The van der Waals surface area contributed by atoms with Gasteiger partial charge < -0.3 is 14.2 Å². The van der Waals surface area contributed by atoms with Gasteiger partial charge in [0.15, 0.2) is 0 Å². The number of hydrogen-bond donors (Lipinski definition) is 0. The van der Waals surface area contributed by atoms with Crippen LogP contribution in [0.5, 0.6) is 17.2 Å². The minimum atomic E-state index is -0.383. The number of esters is 1. The number of allylic oxidation sites excluding steroid dienone is 1. The van der Waals surface area contributed by atoms with Gasteiger partial charge in [-0.05, 0) is 80.1 Å². The maximum absolute atomic E-state index is 12.5. The summed E-state index contributed by atoms with van der Waals surface area (Å²) in [4.78, 5) is 12.5. The Balaban J connectivity index is 1.63. The van der Waals surface area contributed by atoms with Crippen LogP contribution in [0.25, 0.3) is 0 Å². The second-order valence-corrected chi connectivity index (χ2v) is 9.29. The minimum Gasteiger partial charge on any atom is -0.494 e. The summed E-state index contributed by atoms with van der Waals surface area (Å²) >= 11 is 0. The van der Waals surface area contributed by atoms with Gasteiger partial charge in [0, 0.05) is 0 Å². The normalized spacial score (nSPS) is 11.6. The molecule has 0 amide bonds. The summed E-state index contributed by atoms with van der Waals surface area (Å²) in [6.07, 6.45) is 15.0. The second-order valence-electron chi connectivity index (χ2n) is 9.29. The molecule has 4 nitrogen and oxygen atoms in total. The summed E-state index contributed by atoms with van der Waals surface area (Å²) in [6.45, 7) is 9.71. The van der Waals surface area contributed by atoms with E-state index in [1.54, 1.807) is 24.3 Å². The van der Waals surface area contributed by atoms with Gasteiger partial charge in [-0.15, -0.1) is 6.58 Å². The summed E-state index contributed by atoms with van der Waals surface area (Å²) in [5, 5.41) is 0. The maximum Gasteiger partial charge on any atom is 0.343 e. The molecule has 4 heteroatoms. The van der Waals surface area contributed by atoms with Crippen LogP contribution in [0.15, 0.2) is 61.2 Å². The van der Waals surface area contributed by atoms with Gasteiger partial charge in [0.05, 0.1) is 18.8 Å². The van der Waals surface area contributed by atoms with E-state index in [0.717, 1.165) is 36.7 Å². The predicted octanol–water partition coefficient (Wildman–Crippen LogP) is 8.80. The van der Waals surface area contributed by atoms with E-state index in [1.165, 1.54) is 51.4 Å². The third-order valence-corrected chi connectivity index (χ3v) is 6.25. The van der Waals surface area contributed by atoms with E-state index in [1.807, 2.05) is 30.3 Å². The van der Waals surface area contributed by atoms with E-state index in [9.17, 15) is 4.79 Å². The Bertz CT molecular complexity index is 826. The Kier molecular flexibility index (Phi) is 14.4. The van der Waals surface area contributed by atoms with Crippen molar-refractivity contribution < 1.29 is 19.0 Å². The summed E-state index contributed by atoms with van der Waals surface area (Å²) in [6, 6.07) is 14.4. The van der Waals surface area contributed by atoms with Crippen molar-refractivity contribution >= 4 is 5.97 Å². The first-order valence-corrected chi connectivity index (χ1v) is 13.4. The standard InChI is InChI=1S/C31H44O4/c1-4-6-7-8-9-10-13-24-33-28-18-16-27(17-19-28)31(32)35-30-22-20-29(21-23-30)34-25-14-11-12-15-26(3)5-2/h4,16-23,26H,1,5-15,24-25H2,2-3H3. The zero-order valence-electron chi connectivity index (χ0n) is 21.8. The van der Waals surface area contributed by atoms with E-state index in [2.05, 4.69) is 20.4 Å². The van der Waals surface area contributed by atoms with Crippen molar-refractivity contribution in [2.24, 2.45) is 5.92 Å². The SMILES string of the molecule is C=CCCCCCCCOc1ccc(C(=O)Oc2ccc(OCCCCCC(C)CC)cc2)cc1. The van der Waals surface area contributed by atoms with Crippen molar-refractivity contribution in [2.45, 2.75) is 84.5 Å². The van der Waals surface area contributed by atoms with Crippen molar-refractivity contribution in [1.82, 2.24) is 0 Å². The molecule has 1 atom stereocenters. The Labute approximate surface area is 212 Å². The molecule has 35 heavy (non-hydrogen) atoms. The van der Waals surface area contributed by atoms with Gasteiger partial charge in [0.2, 0.25) is 0 Å². The first-order chi connectivity index (χ1) is 17.1. The van der Waals surface area contributed by atoms with Gasteiger partial charge in [0.1, 0.15) is 17.2 Å². The fraction of sp³-hybridized carbons (Fsp3) is 0.516. The van der Waals surface area contributed by atoms with E-state index in [4.69, 9.17) is 14.2 Å². The maximum atomic E-state index is 12.5. The molecule has 0 saturated heterocycles. The molecule has 2 rings (SSSR count). The lowest BCUT2D eigenvalue weighted by atomic mass is 10.0. The summed E-state index contributed by atoms with van der Waals surface area (Å²) in [5.74, 6) is 2.50. The van der Waals surface area contributed by atoms with Crippen LogP contribution in [0, 0.1) is 5.92 Å². The average molecular weight is 481 g/mol. The van der Waals surface area contributed by atoms with Crippen LogP contribution in [0.1, 0.15) is 94.8 Å². The molecule has 0 aromatic heterocycles. The van der Waals surface area contributed by atoms with Crippen LogP contribution in [0.4, 0.5) is 0 Å². The second kappa shape index (κ2) is 17.7. The van der Waals surface area contributed by atoms with Crippen molar-refractivity contribution in [3.05, 3.63) is 66.7 Å². The molecule has 1 unspecified atom stereocenters. The summed E-state index contributed by atoms with van der Waals surface area (Å²) in [7, 11) is 0. The molecule has 0 spiro atoms. The molecule has 2 aromatic rings. The highest BCUT2D eigenvalue weighted by Crippen LogP contribution is 2.20. The quantitative estimate of drug-likeness (QED) is 0.0872. The van der Waals surface area contributed by atoms with Crippen LogP contribution in [0.3, 0.4) is 0 Å². The fourth-order valence-electron chi connectivity index (χ4n) is 3.73. The van der Waals surface area contributed by atoms with Crippen LogP contribution >= 0.6 is 0 Å². The lowest BCUT2D eigenvalue weighted by Crippen LogP contribution is -2.08. The van der Waals surface area contributed by atoms with Crippen LogP contribution < -0.4 is 14.2 Å². The van der Waals surface area contributed by atoms with Crippen LogP contribution in [-0.2, 0) is 0 Å². The highest BCUT2D eigenvalue weighted by atomic mass is 16.5. The third kappa shape index (κ3) is 12.5. The number of benzene rings is 2. The molecule has 0 aliphatic carbocycles. The van der Waals surface area contributed by atoms with E-state index >= 15 is 0 Å². The van der Waals surface area contributed by atoms with Crippen molar-refractivity contribution in [3.63, 3.8) is 0 Å². The first kappa shape index (κ1) is 28.5. The number of rotatable bonds is 19. The smallest absolute Gasteiger partial charge is 0.343 e. The van der Waals surface area contributed by atoms with Gasteiger partial charge in [-0.1, -0.05) is 64.9 Å². The molecule has 0 fully saturated rings. The van der Waals surface area contributed by atoms with Crippen molar-refractivity contribution in [3.8, 4) is 17.2 Å². The Morgan fingerprint density at radius 1 is 0.771 bits per heavy atom. The largest absolute Gasteiger partial charge is 0.494 e. The van der Waals surface area contributed by atoms with Crippen molar-refractivity contribution in [1.29, 1.82) is 0 Å². The third-order valence-electron chi connectivity index (χ3n) is 6.25. The van der Waals surface area contributed by atoms with Crippen LogP contribution in [0.2, 0.25) is 0 Å². The molecule has 0 saturated carbocycles. The zero-order chi connectivity index (χ0) is 25.1. The lowest BCUT2D eigenvalue weighted by molar-refractivity contribution is 0.0734. The monoisotopic (exact) mass is 480 g/mol. The van der Waals surface area contributed by atoms with E-state index < -0.39 is 0 Å². The molecular formula is C31H44O4. The highest BCUT2D eigenvalue weighted by molar-refractivity contribution is 5.91. The zero-order valence-corrected chi connectivity index (χ0v) is 21.8. The first-order valence-electron chi connectivity index (χ1n) is 13.4. The Morgan fingerprint density at radius 2 is 1.29 bits per heavy atom. The van der Waals surface area contributed by atoms with Crippen molar-refractivity contribution in [2.75, 3.05) is 13.2 Å². The number of carbonyl (C=O) groups is 1. The number of unbranched alkanes of at least 4 members (excludes halogenated alkanes) is 7. The summed E-state index contributed by atoms with van der Waals surface area (Å²) < 4.78 is 17.1. The van der Waals surface area contributed by atoms with E-state index in [-0.39, 0.29) is 5.97 Å². The molecule has 0 bridgehead atoms. The molecule has 0 radical (unpaired) electrons. The number of ether oxygens (including phenoxy) is 3. The highest BCUT2D eigenvalue weighted by Gasteiger charge is 2.09. The number of hydrogen-bond acceptors (Lipinski definition) is 4. The van der Waals surface area contributed by atoms with Gasteiger partial charge in [-0.2, -0.15) is 0 Å². The molecule has 0 N–H and O–H groups in total. The molecule has 0 heterocycles. The molecular weight excluding hydrogens is 436 g/mol. The Morgan fingerprint density at radius 3 is 1.89 bits per heavy atom. The van der Waals surface area contributed by atoms with Gasteiger partial charge in [0.25, 0.3) is 0 Å². The molecule has 192 valence electrons. The van der Waals surface area contributed by atoms with Gasteiger partial charge in [-0.3, -0.25) is 0 Å². The number of carbonyl (C=O) groups excluding carboxylic acids is 1. The van der Waals surface area contributed by atoms with Gasteiger partial charge >= 0.3 is 5.97 Å². The molecule has 2 aromatic carbocycles. The minimum absolute atomic E-state index is 0.383. The molecule has 0 aliphatic heterocycles.